The number of terminal acetylenes is 1. The lowest BCUT2D eigenvalue weighted by Gasteiger charge is -2.24. The number of carbonyl (C=O) groups is 2. The summed E-state index contributed by atoms with van der Waals surface area (Å²) in [6.45, 7) is 2.94. The Morgan fingerprint density at radius 1 is 1.57 bits per heavy atom. The monoisotopic (exact) mass is 198 g/mol. The quantitative estimate of drug-likeness (QED) is 0.633. The van der Waals surface area contributed by atoms with Crippen molar-refractivity contribution in [3.05, 3.63) is 0 Å². The van der Waals surface area contributed by atoms with Gasteiger partial charge in [-0.3, -0.25) is 0 Å². The van der Waals surface area contributed by atoms with E-state index >= 15 is 0 Å². The van der Waals surface area contributed by atoms with Gasteiger partial charge in [-0.2, -0.15) is 0 Å². The molecule has 14 heavy (non-hydrogen) atoms. The molecule has 0 aromatic heterocycles. The van der Waals surface area contributed by atoms with E-state index < -0.39 is 17.5 Å². The molecular formula is C9H14N2O3. The number of hydrogen-bond donors (Lipinski definition) is 2. The van der Waals surface area contributed by atoms with Crippen LogP contribution in [0, 0.1) is 12.3 Å². The lowest BCUT2D eigenvalue weighted by Crippen LogP contribution is -2.53. The molecule has 0 heterocycles. The minimum absolute atomic E-state index is 0.140. The van der Waals surface area contributed by atoms with Crippen molar-refractivity contribution in [2.45, 2.75) is 19.4 Å². The second-order valence-corrected chi connectivity index (χ2v) is 3.42. The summed E-state index contributed by atoms with van der Waals surface area (Å²) >= 11 is 0. The Bertz CT molecular complexity index is 278. The number of rotatable bonds is 3. The zero-order chi connectivity index (χ0) is 11.4. The standard InChI is InChI=1S/C9H14N2O3/c1-5-6-11(4)8(14)10-9(2,3)7(12)13/h1H,6H2,2-4H3,(H,10,14)(H,12,13). The number of hydrogen-bond acceptors (Lipinski definition) is 2. The van der Waals surface area contributed by atoms with Gasteiger partial charge in [-0.1, -0.05) is 5.92 Å². The summed E-state index contributed by atoms with van der Waals surface area (Å²) in [6.07, 6.45) is 5.00. The zero-order valence-corrected chi connectivity index (χ0v) is 8.50. The van der Waals surface area contributed by atoms with Gasteiger partial charge in [0.2, 0.25) is 0 Å². The van der Waals surface area contributed by atoms with Crippen molar-refractivity contribution in [1.29, 1.82) is 0 Å². The van der Waals surface area contributed by atoms with Gasteiger partial charge in [0.25, 0.3) is 0 Å². The third-order valence-corrected chi connectivity index (χ3v) is 1.63. The average Bonchev–Trinajstić information content (AvgIpc) is 2.03. The molecule has 0 aliphatic heterocycles. The van der Waals surface area contributed by atoms with Crippen LogP contribution >= 0.6 is 0 Å². The van der Waals surface area contributed by atoms with Crippen molar-refractivity contribution in [3.63, 3.8) is 0 Å². The maximum Gasteiger partial charge on any atom is 0.328 e. The lowest BCUT2D eigenvalue weighted by atomic mass is 10.1. The van der Waals surface area contributed by atoms with E-state index in [1.54, 1.807) is 0 Å². The first-order valence-corrected chi connectivity index (χ1v) is 4.01. The topological polar surface area (TPSA) is 69.6 Å². The predicted octanol–water partition coefficient (Wildman–Crippen LogP) is 0.124. The molecule has 0 aliphatic rings. The van der Waals surface area contributed by atoms with Crippen LogP contribution in [0.3, 0.4) is 0 Å². The number of amides is 2. The summed E-state index contributed by atoms with van der Waals surface area (Å²) in [5, 5.41) is 11.1. The molecule has 0 fully saturated rings. The van der Waals surface area contributed by atoms with Gasteiger partial charge in [0.15, 0.2) is 0 Å². The van der Waals surface area contributed by atoms with Crippen LogP contribution in [-0.4, -0.2) is 41.1 Å². The molecule has 0 aromatic carbocycles. The van der Waals surface area contributed by atoms with Gasteiger partial charge in [0.05, 0.1) is 6.54 Å². The number of urea groups is 1. The minimum Gasteiger partial charge on any atom is -0.480 e. The summed E-state index contributed by atoms with van der Waals surface area (Å²) in [5.41, 5.74) is -1.29. The number of carboxylic acids is 1. The highest BCUT2D eigenvalue weighted by atomic mass is 16.4. The second kappa shape index (κ2) is 4.51. The van der Waals surface area contributed by atoms with E-state index in [0.29, 0.717) is 0 Å². The largest absolute Gasteiger partial charge is 0.480 e. The van der Waals surface area contributed by atoms with Gasteiger partial charge in [-0.05, 0) is 13.8 Å². The fourth-order valence-corrected chi connectivity index (χ4v) is 0.625. The van der Waals surface area contributed by atoms with Crippen LogP contribution in [0.1, 0.15) is 13.8 Å². The fraction of sp³-hybridized carbons (Fsp3) is 0.556. The summed E-state index contributed by atoms with van der Waals surface area (Å²) < 4.78 is 0. The van der Waals surface area contributed by atoms with Gasteiger partial charge < -0.3 is 15.3 Å². The molecule has 0 rings (SSSR count). The molecule has 0 aromatic rings. The van der Waals surface area contributed by atoms with Gasteiger partial charge in [-0.25, -0.2) is 9.59 Å². The van der Waals surface area contributed by atoms with E-state index in [-0.39, 0.29) is 6.54 Å². The number of carbonyl (C=O) groups excluding carboxylic acids is 1. The summed E-state index contributed by atoms with van der Waals surface area (Å²) in [6, 6.07) is -0.504. The van der Waals surface area contributed by atoms with Crippen molar-refractivity contribution >= 4 is 12.0 Å². The SMILES string of the molecule is C#CCN(C)C(=O)NC(C)(C)C(=O)O. The number of carboxylic acid groups (broad SMARTS) is 1. The minimum atomic E-state index is -1.29. The van der Waals surface area contributed by atoms with E-state index in [4.69, 9.17) is 11.5 Å². The van der Waals surface area contributed by atoms with Gasteiger partial charge >= 0.3 is 12.0 Å². The summed E-state index contributed by atoms with van der Waals surface area (Å²) in [4.78, 5) is 23.2. The first-order chi connectivity index (χ1) is 6.31. The Hall–Kier alpha value is -1.70. The fourth-order valence-electron chi connectivity index (χ4n) is 0.625. The Kier molecular flexibility index (Phi) is 3.96. The molecule has 0 atom stereocenters. The Balaban J connectivity index is 4.33. The first kappa shape index (κ1) is 12.3. The molecule has 0 bridgehead atoms. The normalized spacial score (nSPS) is 10.1. The second-order valence-electron chi connectivity index (χ2n) is 3.42. The molecule has 78 valence electrons. The molecule has 5 nitrogen and oxygen atoms in total. The lowest BCUT2D eigenvalue weighted by molar-refractivity contribution is -0.143. The third kappa shape index (κ3) is 3.35. The molecule has 0 saturated carbocycles. The average molecular weight is 198 g/mol. The van der Waals surface area contributed by atoms with E-state index in [0.717, 1.165) is 0 Å². The van der Waals surface area contributed by atoms with Crippen molar-refractivity contribution in [2.75, 3.05) is 13.6 Å². The van der Waals surface area contributed by atoms with Crippen molar-refractivity contribution < 1.29 is 14.7 Å². The third-order valence-electron chi connectivity index (χ3n) is 1.63. The van der Waals surface area contributed by atoms with E-state index in [2.05, 4.69) is 11.2 Å². The van der Waals surface area contributed by atoms with Crippen molar-refractivity contribution in [3.8, 4) is 12.3 Å². The van der Waals surface area contributed by atoms with Crippen LogP contribution < -0.4 is 5.32 Å². The maximum absolute atomic E-state index is 11.3. The Morgan fingerprint density at radius 2 is 2.07 bits per heavy atom. The molecule has 2 amide bonds. The Morgan fingerprint density at radius 3 is 2.43 bits per heavy atom. The summed E-state index contributed by atoms with van der Waals surface area (Å²) in [7, 11) is 1.49. The van der Waals surface area contributed by atoms with Gasteiger partial charge in [-0.15, -0.1) is 6.42 Å². The van der Waals surface area contributed by atoms with Crippen molar-refractivity contribution in [1.82, 2.24) is 10.2 Å². The van der Waals surface area contributed by atoms with Crippen LogP contribution in [0.25, 0.3) is 0 Å². The highest BCUT2D eigenvalue weighted by Gasteiger charge is 2.29. The molecule has 0 radical (unpaired) electrons. The maximum atomic E-state index is 11.3. The van der Waals surface area contributed by atoms with Gasteiger partial charge in [0.1, 0.15) is 5.54 Å². The van der Waals surface area contributed by atoms with E-state index in [9.17, 15) is 9.59 Å². The van der Waals surface area contributed by atoms with Crippen LogP contribution in [0.15, 0.2) is 0 Å². The number of nitrogens with zero attached hydrogens (tertiary/aromatic N) is 1. The highest BCUT2D eigenvalue weighted by molar-refractivity contribution is 5.85. The number of nitrogens with one attached hydrogen (secondary N) is 1. The zero-order valence-electron chi connectivity index (χ0n) is 8.50. The van der Waals surface area contributed by atoms with Crippen molar-refractivity contribution in [2.24, 2.45) is 0 Å². The number of aliphatic carboxylic acids is 1. The smallest absolute Gasteiger partial charge is 0.328 e. The molecule has 0 aliphatic carbocycles. The predicted molar refractivity (Wildman–Crippen MR) is 51.7 cm³/mol. The van der Waals surface area contributed by atoms with Crippen LogP contribution in [0.2, 0.25) is 0 Å². The first-order valence-electron chi connectivity index (χ1n) is 4.01. The van der Waals surface area contributed by atoms with E-state index in [1.165, 1.54) is 25.8 Å². The van der Waals surface area contributed by atoms with Gasteiger partial charge in [0, 0.05) is 7.05 Å². The van der Waals surface area contributed by atoms with Crippen LogP contribution in [0.4, 0.5) is 4.79 Å². The van der Waals surface area contributed by atoms with E-state index in [1.807, 2.05) is 0 Å². The van der Waals surface area contributed by atoms with Crippen LogP contribution in [0.5, 0.6) is 0 Å². The summed E-state index contributed by atoms with van der Waals surface area (Å²) in [5.74, 6) is 1.18. The van der Waals surface area contributed by atoms with Crippen LogP contribution in [-0.2, 0) is 4.79 Å². The molecule has 0 spiro atoms. The molecular weight excluding hydrogens is 184 g/mol. The molecule has 0 saturated heterocycles. The molecule has 2 N–H and O–H groups in total. The highest BCUT2D eigenvalue weighted by Crippen LogP contribution is 2.02. The molecule has 0 unspecified atom stereocenters. The molecule has 5 heteroatoms. The Labute approximate surface area is 83.1 Å².